The van der Waals surface area contributed by atoms with E-state index in [-0.39, 0.29) is 5.91 Å². The Morgan fingerprint density at radius 1 is 1.31 bits per heavy atom. The van der Waals surface area contributed by atoms with Crippen LogP contribution in [-0.2, 0) is 11.3 Å². The van der Waals surface area contributed by atoms with Gasteiger partial charge in [0.05, 0.1) is 18.0 Å². The fourth-order valence-electron chi connectivity index (χ4n) is 3.51. The number of hydrogen-bond donors (Lipinski definition) is 1. The Morgan fingerprint density at radius 2 is 2.12 bits per heavy atom. The monoisotopic (exact) mass is 372 g/mol. The van der Waals surface area contributed by atoms with Gasteiger partial charge in [-0.15, -0.1) is 16.8 Å². The summed E-state index contributed by atoms with van der Waals surface area (Å²) >= 11 is 1.42. The molecule has 7 nitrogen and oxygen atoms in total. The summed E-state index contributed by atoms with van der Waals surface area (Å²) in [5.41, 5.74) is 0. The molecule has 0 aromatic carbocycles. The summed E-state index contributed by atoms with van der Waals surface area (Å²) in [5.74, 6) is 2.58. The topological polar surface area (TPSA) is 77.6 Å². The van der Waals surface area contributed by atoms with Crippen LogP contribution in [0.2, 0.25) is 0 Å². The van der Waals surface area contributed by atoms with Gasteiger partial charge in [0.2, 0.25) is 5.91 Å². The zero-order valence-electron chi connectivity index (χ0n) is 14.8. The Kier molecular flexibility index (Phi) is 5.10. The molecular formula is C18H24N6OS. The largest absolute Gasteiger partial charge is 0.310 e. The van der Waals surface area contributed by atoms with Gasteiger partial charge in [-0.1, -0.05) is 30.7 Å². The van der Waals surface area contributed by atoms with Crippen molar-refractivity contribution in [3.05, 3.63) is 30.7 Å². The lowest BCUT2D eigenvalue weighted by atomic mass is 10.2. The predicted octanol–water partition coefficient (Wildman–Crippen LogP) is 3.38. The smallest absolute Gasteiger partial charge is 0.235 e. The molecule has 26 heavy (non-hydrogen) atoms. The fourth-order valence-corrected chi connectivity index (χ4v) is 4.27. The van der Waals surface area contributed by atoms with Crippen LogP contribution in [0.4, 0.5) is 5.82 Å². The van der Waals surface area contributed by atoms with E-state index >= 15 is 0 Å². The second-order valence-corrected chi connectivity index (χ2v) is 7.89. The Labute approximate surface area is 157 Å². The lowest BCUT2D eigenvalue weighted by Gasteiger charge is -2.14. The second kappa shape index (κ2) is 7.65. The third-order valence-electron chi connectivity index (χ3n) is 4.94. The van der Waals surface area contributed by atoms with Gasteiger partial charge in [-0.2, -0.15) is 5.10 Å². The summed E-state index contributed by atoms with van der Waals surface area (Å²) in [7, 11) is 0. The van der Waals surface area contributed by atoms with E-state index < -0.39 is 0 Å². The van der Waals surface area contributed by atoms with Crippen molar-refractivity contribution in [1.82, 2.24) is 24.5 Å². The normalized spacial score (nSPS) is 17.5. The molecule has 1 N–H and O–H groups in total. The van der Waals surface area contributed by atoms with E-state index in [1.54, 1.807) is 6.20 Å². The predicted molar refractivity (Wildman–Crippen MR) is 101 cm³/mol. The van der Waals surface area contributed by atoms with Crippen LogP contribution in [0, 0.1) is 0 Å². The average molecular weight is 372 g/mol. The van der Waals surface area contributed by atoms with E-state index in [9.17, 15) is 4.79 Å². The number of carbonyl (C=O) groups is 1. The number of nitrogens with zero attached hydrogens (tertiary/aromatic N) is 5. The Morgan fingerprint density at radius 3 is 2.85 bits per heavy atom. The van der Waals surface area contributed by atoms with Gasteiger partial charge in [-0.3, -0.25) is 4.79 Å². The summed E-state index contributed by atoms with van der Waals surface area (Å²) in [5, 5.41) is 16.8. The van der Waals surface area contributed by atoms with Gasteiger partial charge in [0.15, 0.2) is 5.16 Å². The number of carbonyl (C=O) groups excluding carboxylic acids is 1. The Hall–Kier alpha value is -2.09. The first-order chi connectivity index (χ1) is 12.8. The molecule has 2 aromatic heterocycles. The summed E-state index contributed by atoms with van der Waals surface area (Å²) in [6, 6.07) is 2.27. The maximum absolute atomic E-state index is 12.4. The third kappa shape index (κ3) is 3.70. The van der Waals surface area contributed by atoms with Crippen molar-refractivity contribution in [3.8, 4) is 0 Å². The molecule has 0 spiro atoms. The molecule has 8 heteroatoms. The lowest BCUT2D eigenvalue weighted by molar-refractivity contribution is -0.113. The molecule has 2 fully saturated rings. The summed E-state index contributed by atoms with van der Waals surface area (Å²) in [6.45, 7) is 4.49. The van der Waals surface area contributed by atoms with E-state index in [0.29, 0.717) is 24.3 Å². The number of hydrogen-bond acceptors (Lipinski definition) is 5. The van der Waals surface area contributed by atoms with Crippen LogP contribution in [0.3, 0.4) is 0 Å². The number of aromatic nitrogens is 5. The first kappa shape index (κ1) is 17.3. The molecule has 4 rings (SSSR count). The van der Waals surface area contributed by atoms with Crippen molar-refractivity contribution >= 4 is 23.5 Å². The van der Waals surface area contributed by atoms with Crippen molar-refractivity contribution in [1.29, 1.82) is 0 Å². The van der Waals surface area contributed by atoms with Gasteiger partial charge in [0.25, 0.3) is 0 Å². The van der Waals surface area contributed by atoms with Crippen molar-refractivity contribution in [3.63, 3.8) is 0 Å². The van der Waals surface area contributed by atoms with Gasteiger partial charge in [0.1, 0.15) is 11.6 Å². The molecule has 2 aliphatic rings. The van der Waals surface area contributed by atoms with Crippen molar-refractivity contribution in [2.45, 2.75) is 62.2 Å². The Balaban J connectivity index is 1.37. The molecule has 0 atom stereocenters. The number of amides is 1. The summed E-state index contributed by atoms with van der Waals surface area (Å²) in [6.07, 6.45) is 10.7. The van der Waals surface area contributed by atoms with Crippen LogP contribution >= 0.6 is 11.8 Å². The van der Waals surface area contributed by atoms with Crippen molar-refractivity contribution in [2.75, 3.05) is 11.1 Å². The van der Waals surface area contributed by atoms with E-state index in [2.05, 4.69) is 31.8 Å². The average Bonchev–Trinajstić information content (AvgIpc) is 3.03. The van der Waals surface area contributed by atoms with Crippen LogP contribution in [-0.4, -0.2) is 36.2 Å². The molecule has 0 saturated heterocycles. The second-order valence-electron chi connectivity index (χ2n) is 6.95. The van der Waals surface area contributed by atoms with Gasteiger partial charge >= 0.3 is 0 Å². The number of thioether (sulfide) groups is 1. The number of anilines is 1. The molecule has 2 aromatic rings. The molecule has 1 amide bonds. The fraction of sp³-hybridized carbons (Fsp3) is 0.556. The minimum Gasteiger partial charge on any atom is -0.310 e. The number of rotatable bonds is 8. The van der Waals surface area contributed by atoms with Gasteiger partial charge in [-0.25, -0.2) is 4.68 Å². The van der Waals surface area contributed by atoms with E-state index in [4.69, 9.17) is 0 Å². The maximum Gasteiger partial charge on any atom is 0.235 e. The summed E-state index contributed by atoms with van der Waals surface area (Å²) in [4.78, 5) is 12.4. The van der Waals surface area contributed by atoms with Crippen LogP contribution in [0.25, 0.3) is 0 Å². The highest BCUT2D eigenvalue weighted by Crippen LogP contribution is 2.40. The van der Waals surface area contributed by atoms with Crippen molar-refractivity contribution in [2.24, 2.45) is 0 Å². The quantitative estimate of drug-likeness (QED) is 0.568. The maximum atomic E-state index is 12.4. The molecule has 2 aliphatic carbocycles. The molecule has 0 radical (unpaired) electrons. The third-order valence-corrected chi connectivity index (χ3v) is 5.91. The first-order valence-corrected chi connectivity index (χ1v) is 10.2. The number of allylic oxidation sites excluding steroid dienone is 1. The van der Waals surface area contributed by atoms with Gasteiger partial charge in [0, 0.05) is 18.5 Å². The highest BCUT2D eigenvalue weighted by molar-refractivity contribution is 7.99. The molecule has 0 unspecified atom stereocenters. The lowest BCUT2D eigenvalue weighted by Crippen LogP contribution is -2.19. The molecule has 138 valence electrons. The molecule has 2 saturated carbocycles. The van der Waals surface area contributed by atoms with E-state index in [1.165, 1.54) is 37.4 Å². The Bertz CT molecular complexity index is 787. The van der Waals surface area contributed by atoms with Gasteiger partial charge < -0.3 is 9.88 Å². The molecule has 2 heterocycles. The van der Waals surface area contributed by atoms with Crippen LogP contribution in [0.1, 0.15) is 56.3 Å². The number of nitrogens with one attached hydrogen (secondary N) is 1. The summed E-state index contributed by atoms with van der Waals surface area (Å²) < 4.78 is 4.03. The zero-order chi connectivity index (χ0) is 17.9. The highest BCUT2D eigenvalue weighted by Gasteiger charge is 2.30. The molecular weight excluding hydrogens is 348 g/mol. The van der Waals surface area contributed by atoms with E-state index in [1.807, 2.05) is 16.8 Å². The molecule has 0 aliphatic heterocycles. The van der Waals surface area contributed by atoms with Gasteiger partial charge in [-0.05, 0) is 25.7 Å². The molecule has 0 bridgehead atoms. The minimum absolute atomic E-state index is 0.0455. The minimum atomic E-state index is -0.0455. The standard InChI is InChI=1S/C18H24N6OS/c1-2-11-23-17(13-7-8-13)21-22-18(23)26-12-16(25)20-15-9-10-19-24(15)14-5-3-4-6-14/h2,9-10,13-14H,1,3-8,11-12H2,(H,20,25). The zero-order valence-corrected chi connectivity index (χ0v) is 15.6. The van der Waals surface area contributed by atoms with Crippen molar-refractivity contribution < 1.29 is 4.79 Å². The van der Waals surface area contributed by atoms with Crippen LogP contribution in [0.5, 0.6) is 0 Å². The highest BCUT2D eigenvalue weighted by atomic mass is 32.2. The SMILES string of the molecule is C=CCn1c(SCC(=O)Nc2ccnn2C2CCCC2)nnc1C1CC1. The first-order valence-electron chi connectivity index (χ1n) is 9.26. The van der Waals surface area contributed by atoms with Crippen LogP contribution in [0.15, 0.2) is 30.1 Å². The van der Waals surface area contributed by atoms with Crippen LogP contribution < -0.4 is 5.32 Å². The van der Waals surface area contributed by atoms with E-state index in [0.717, 1.165) is 29.6 Å².